The third kappa shape index (κ3) is 6.00. The summed E-state index contributed by atoms with van der Waals surface area (Å²) in [5.74, 6) is -0.958. The monoisotopic (exact) mass is 346 g/mol. The van der Waals surface area contributed by atoms with Crippen LogP contribution in [0, 0.1) is 11.6 Å². The van der Waals surface area contributed by atoms with Crippen LogP contribution >= 0.6 is 0 Å². The van der Waals surface area contributed by atoms with Crippen molar-refractivity contribution in [3.63, 3.8) is 0 Å². The van der Waals surface area contributed by atoms with Gasteiger partial charge in [0, 0.05) is 12.6 Å². The predicted octanol–water partition coefficient (Wildman–Crippen LogP) is 3.60. The van der Waals surface area contributed by atoms with Crippen LogP contribution in [-0.4, -0.2) is 31.0 Å². The van der Waals surface area contributed by atoms with Crippen molar-refractivity contribution < 1.29 is 18.3 Å². The number of carbonyl (C=O) groups excluding carboxylic acids is 1. The average molecular weight is 346 g/mol. The molecule has 4 nitrogen and oxygen atoms in total. The molecule has 1 amide bonds. The van der Waals surface area contributed by atoms with Gasteiger partial charge in [-0.25, -0.2) is 8.78 Å². The Bertz CT molecular complexity index is 733. The lowest BCUT2D eigenvalue weighted by molar-refractivity contribution is -0.117. The van der Waals surface area contributed by atoms with E-state index < -0.39 is 17.5 Å². The van der Waals surface area contributed by atoms with Gasteiger partial charge in [-0.3, -0.25) is 9.69 Å². The van der Waals surface area contributed by atoms with Crippen LogP contribution in [0.1, 0.15) is 5.56 Å². The molecule has 1 N–H and O–H groups in total. The third-order valence-electron chi connectivity index (χ3n) is 3.36. The molecule has 0 unspecified atom stereocenters. The number of halogens is 2. The van der Waals surface area contributed by atoms with Crippen LogP contribution in [0.2, 0.25) is 0 Å². The van der Waals surface area contributed by atoms with E-state index in [9.17, 15) is 13.6 Å². The highest BCUT2D eigenvalue weighted by atomic mass is 19.1. The standard InChI is InChI=1S/C19H20F2N2O2/c1-3-10-25-16-7-4-14(5-8-16)12-23(2)13-19(24)22-18-11-15(20)6-9-17(18)21/h3-9,11H,1,10,12-13H2,2H3,(H,22,24). The minimum Gasteiger partial charge on any atom is -0.490 e. The van der Waals surface area contributed by atoms with Crippen LogP contribution in [0.4, 0.5) is 14.5 Å². The van der Waals surface area contributed by atoms with Crippen LogP contribution in [0.3, 0.4) is 0 Å². The zero-order valence-corrected chi connectivity index (χ0v) is 14.0. The summed E-state index contributed by atoms with van der Waals surface area (Å²) in [6.07, 6.45) is 1.67. The zero-order chi connectivity index (χ0) is 18.2. The number of hydrogen-bond acceptors (Lipinski definition) is 3. The van der Waals surface area contributed by atoms with Crippen LogP contribution in [-0.2, 0) is 11.3 Å². The molecule has 0 aromatic heterocycles. The third-order valence-corrected chi connectivity index (χ3v) is 3.36. The van der Waals surface area contributed by atoms with Crippen LogP contribution in [0.5, 0.6) is 5.75 Å². The van der Waals surface area contributed by atoms with Gasteiger partial charge in [-0.05, 0) is 36.9 Å². The first kappa shape index (κ1) is 18.6. The molecule has 2 rings (SSSR count). The number of rotatable bonds is 8. The number of carbonyl (C=O) groups is 1. The van der Waals surface area contributed by atoms with Gasteiger partial charge in [0.1, 0.15) is 24.0 Å². The zero-order valence-electron chi connectivity index (χ0n) is 14.0. The summed E-state index contributed by atoms with van der Waals surface area (Å²) in [6, 6.07) is 10.4. The predicted molar refractivity (Wildman–Crippen MR) is 93.5 cm³/mol. The number of likely N-dealkylation sites (N-methyl/N-ethyl adjacent to an activating group) is 1. The number of amides is 1. The van der Waals surface area contributed by atoms with E-state index in [1.54, 1.807) is 18.0 Å². The van der Waals surface area contributed by atoms with E-state index in [4.69, 9.17) is 4.74 Å². The van der Waals surface area contributed by atoms with Crippen molar-refractivity contribution in [1.29, 1.82) is 0 Å². The van der Waals surface area contributed by atoms with Crippen molar-refractivity contribution in [2.75, 3.05) is 25.5 Å². The van der Waals surface area contributed by atoms with Gasteiger partial charge in [-0.2, -0.15) is 0 Å². The SMILES string of the molecule is C=CCOc1ccc(CN(C)CC(=O)Nc2cc(F)ccc2F)cc1. The van der Waals surface area contributed by atoms with Crippen LogP contribution in [0.25, 0.3) is 0 Å². The Kier molecular flexibility index (Phi) is 6.65. The minimum absolute atomic E-state index is 0.0463. The number of nitrogens with one attached hydrogen (secondary N) is 1. The quantitative estimate of drug-likeness (QED) is 0.743. The molecule has 132 valence electrons. The van der Waals surface area contributed by atoms with Crippen molar-refractivity contribution in [3.05, 3.63) is 72.3 Å². The number of benzene rings is 2. The first-order valence-corrected chi connectivity index (χ1v) is 7.74. The van der Waals surface area contributed by atoms with E-state index in [2.05, 4.69) is 11.9 Å². The number of ether oxygens (including phenoxy) is 1. The molecular formula is C19H20F2N2O2. The summed E-state index contributed by atoms with van der Waals surface area (Å²) in [5.41, 5.74) is 0.834. The summed E-state index contributed by atoms with van der Waals surface area (Å²) < 4.78 is 32.0. The van der Waals surface area contributed by atoms with E-state index in [0.29, 0.717) is 13.2 Å². The van der Waals surface area contributed by atoms with Gasteiger partial charge in [0.2, 0.25) is 5.91 Å². The second kappa shape index (κ2) is 8.94. The summed E-state index contributed by atoms with van der Waals surface area (Å²) in [6.45, 7) is 4.60. The Morgan fingerprint density at radius 1 is 1.24 bits per heavy atom. The smallest absolute Gasteiger partial charge is 0.238 e. The van der Waals surface area contributed by atoms with Crippen molar-refractivity contribution in [2.45, 2.75) is 6.54 Å². The van der Waals surface area contributed by atoms with E-state index in [-0.39, 0.29) is 12.2 Å². The Balaban J connectivity index is 1.86. The van der Waals surface area contributed by atoms with Gasteiger partial charge >= 0.3 is 0 Å². The molecule has 0 atom stereocenters. The summed E-state index contributed by atoms with van der Waals surface area (Å²) in [7, 11) is 1.77. The lowest BCUT2D eigenvalue weighted by Gasteiger charge is -2.17. The van der Waals surface area contributed by atoms with E-state index in [1.807, 2.05) is 24.3 Å². The summed E-state index contributed by atoms with van der Waals surface area (Å²) in [5, 5.41) is 2.38. The van der Waals surface area contributed by atoms with Crippen molar-refractivity contribution in [3.8, 4) is 5.75 Å². The molecule has 2 aromatic rings. The molecule has 2 aromatic carbocycles. The molecule has 0 fully saturated rings. The molecular weight excluding hydrogens is 326 g/mol. The van der Waals surface area contributed by atoms with Crippen molar-refractivity contribution in [2.24, 2.45) is 0 Å². The van der Waals surface area contributed by atoms with Crippen molar-refractivity contribution in [1.82, 2.24) is 4.90 Å². The average Bonchev–Trinajstić information content (AvgIpc) is 2.57. The maximum absolute atomic E-state index is 13.5. The van der Waals surface area contributed by atoms with Gasteiger partial charge in [0.25, 0.3) is 0 Å². The molecule has 0 aliphatic carbocycles. The lowest BCUT2D eigenvalue weighted by Crippen LogP contribution is -2.30. The molecule has 0 saturated carbocycles. The van der Waals surface area contributed by atoms with Gasteiger partial charge < -0.3 is 10.1 Å². The van der Waals surface area contributed by atoms with E-state index in [1.165, 1.54) is 0 Å². The molecule has 0 spiro atoms. The Labute approximate surface area is 145 Å². The first-order valence-electron chi connectivity index (χ1n) is 7.74. The van der Waals surface area contributed by atoms with Gasteiger partial charge in [-0.1, -0.05) is 24.8 Å². The van der Waals surface area contributed by atoms with Crippen LogP contribution in [0.15, 0.2) is 55.1 Å². The molecule has 6 heteroatoms. The highest BCUT2D eigenvalue weighted by molar-refractivity contribution is 5.92. The fourth-order valence-corrected chi connectivity index (χ4v) is 2.24. The van der Waals surface area contributed by atoms with Gasteiger partial charge in [-0.15, -0.1) is 0 Å². The van der Waals surface area contributed by atoms with Crippen molar-refractivity contribution >= 4 is 11.6 Å². The second-order valence-electron chi connectivity index (χ2n) is 5.59. The Morgan fingerprint density at radius 3 is 2.64 bits per heavy atom. The van der Waals surface area contributed by atoms with Crippen LogP contribution < -0.4 is 10.1 Å². The van der Waals surface area contributed by atoms with Gasteiger partial charge in [0.15, 0.2) is 0 Å². The highest BCUT2D eigenvalue weighted by Gasteiger charge is 2.11. The van der Waals surface area contributed by atoms with E-state index in [0.717, 1.165) is 29.5 Å². The Morgan fingerprint density at radius 2 is 1.96 bits per heavy atom. The maximum atomic E-state index is 13.5. The van der Waals surface area contributed by atoms with E-state index >= 15 is 0 Å². The fraction of sp³-hybridized carbons (Fsp3) is 0.211. The first-order chi connectivity index (χ1) is 12.0. The number of anilines is 1. The molecule has 0 radical (unpaired) electrons. The Hall–Kier alpha value is -2.73. The lowest BCUT2D eigenvalue weighted by atomic mass is 10.2. The molecule has 0 saturated heterocycles. The number of hydrogen-bond donors (Lipinski definition) is 1. The molecule has 0 heterocycles. The summed E-state index contributed by atoms with van der Waals surface area (Å²) >= 11 is 0. The molecule has 0 aliphatic rings. The molecule has 0 aliphatic heterocycles. The molecule has 0 bridgehead atoms. The second-order valence-corrected chi connectivity index (χ2v) is 5.59. The number of nitrogens with zero attached hydrogens (tertiary/aromatic N) is 1. The minimum atomic E-state index is -0.674. The topological polar surface area (TPSA) is 41.6 Å². The normalized spacial score (nSPS) is 10.6. The molecule has 25 heavy (non-hydrogen) atoms. The largest absolute Gasteiger partial charge is 0.490 e. The maximum Gasteiger partial charge on any atom is 0.238 e. The fourth-order valence-electron chi connectivity index (χ4n) is 2.24. The summed E-state index contributed by atoms with van der Waals surface area (Å²) in [4.78, 5) is 13.7. The highest BCUT2D eigenvalue weighted by Crippen LogP contribution is 2.16. The van der Waals surface area contributed by atoms with Gasteiger partial charge in [0.05, 0.1) is 12.2 Å².